The van der Waals surface area contributed by atoms with Crippen molar-refractivity contribution < 1.29 is 12.8 Å². The van der Waals surface area contributed by atoms with Crippen molar-refractivity contribution >= 4 is 21.6 Å². The van der Waals surface area contributed by atoms with E-state index in [4.69, 9.17) is 11.6 Å². The van der Waals surface area contributed by atoms with Gasteiger partial charge in [0.25, 0.3) is 0 Å². The van der Waals surface area contributed by atoms with E-state index in [9.17, 15) is 12.8 Å². The van der Waals surface area contributed by atoms with Gasteiger partial charge in [0.2, 0.25) is 10.0 Å². The fourth-order valence-electron chi connectivity index (χ4n) is 1.76. The molecule has 3 nitrogen and oxygen atoms in total. The minimum Gasteiger partial charge on any atom is -0.207 e. The Balaban J connectivity index is 2.22. The number of hydrogen-bond acceptors (Lipinski definition) is 2. The van der Waals surface area contributed by atoms with Crippen molar-refractivity contribution in [3.8, 4) is 0 Å². The number of benzene rings is 2. The maximum Gasteiger partial charge on any atom is 0.241 e. The number of halogens is 2. The summed E-state index contributed by atoms with van der Waals surface area (Å²) in [5, 5.41) is 0.537. The summed E-state index contributed by atoms with van der Waals surface area (Å²) in [6.45, 7) is 1.72. The van der Waals surface area contributed by atoms with Crippen LogP contribution in [0.4, 0.5) is 4.39 Å². The zero-order chi connectivity index (χ0) is 14.8. The number of nitrogens with one attached hydrogen (secondary N) is 1. The third-order valence-electron chi connectivity index (χ3n) is 2.80. The molecule has 0 aliphatic heterocycles. The topological polar surface area (TPSA) is 46.2 Å². The van der Waals surface area contributed by atoms with E-state index in [1.54, 1.807) is 31.2 Å². The summed E-state index contributed by atoms with van der Waals surface area (Å²) in [5.41, 5.74) is 0.753. The minimum atomic E-state index is -3.70. The first-order valence-corrected chi connectivity index (χ1v) is 7.78. The van der Waals surface area contributed by atoms with Gasteiger partial charge in [0.05, 0.1) is 4.90 Å². The SMILES string of the molecule is C[C@H](NS(=O)(=O)c1ccc(F)cc1)c1cccc(Cl)c1. The van der Waals surface area contributed by atoms with Crippen LogP contribution in [0.25, 0.3) is 0 Å². The van der Waals surface area contributed by atoms with Crippen LogP contribution in [0.5, 0.6) is 0 Å². The van der Waals surface area contributed by atoms with Gasteiger partial charge in [-0.2, -0.15) is 0 Å². The van der Waals surface area contributed by atoms with Crippen LogP contribution in [-0.4, -0.2) is 8.42 Å². The highest BCUT2D eigenvalue weighted by Crippen LogP contribution is 2.20. The van der Waals surface area contributed by atoms with E-state index in [0.717, 1.165) is 17.7 Å². The Bertz CT molecular complexity index is 701. The van der Waals surface area contributed by atoms with Crippen molar-refractivity contribution in [3.05, 3.63) is 64.9 Å². The largest absolute Gasteiger partial charge is 0.241 e. The molecule has 1 atom stereocenters. The highest BCUT2D eigenvalue weighted by Gasteiger charge is 2.18. The molecule has 2 aromatic carbocycles. The Kier molecular flexibility index (Phi) is 4.42. The quantitative estimate of drug-likeness (QED) is 0.938. The third kappa shape index (κ3) is 3.56. The van der Waals surface area contributed by atoms with Gasteiger partial charge in [-0.05, 0) is 48.9 Å². The van der Waals surface area contributed by atoms with Crippen LogP contribution in [0.2, 0.25) is 5.02 Å². The van der Waals surface area contributed by atoms with Crippen molar-refractivity contribution in [2.45, 2.75) is 17.9 Å². The van der Waals surface area contributed by atoms with E-state index in [0.29, 0.717) is 5.02 Å². The van der Waals surface area contributed by atoms with Crippen LogP contribution in [0.15, 0.2) is 53.4 Å². The molecule has 2 rings (SSSR count). The van der Waals surface area contributed by atoms with Crippen molar-refractivity contribution in [1.29, 1.82) is 0 Å². The Hall–Kier alpha value is -1.43. The Morgan fingerprint density at radius 3 is 2.40 bits per heavy atom. The molecule has 0 aliphatic carbocycles. The van der Waals surface area contributed by atoms with E-state index in [1.165, 1.54) is 12.1 Å². The summed E-state index contributed by atoms with van der Waals surface area (Å²) in [5.74, 6) is -0.480. The molecule has 0 unspecified atom stereocenters. The van der Waals surface area contributed by atoms with Gasteiger partial charge in [-0.15, -0.1) is 0 Å². The fraction of sp³-hybridized carbons (Fsp3) is 0.143. The molecule has 0 saturated heterocycles. The van der Waals surface area contributed by atoms with Crippen LogP contribution in [0.3, 0.4) is 0 Å². The predicted molar refractivity (Wildman–Crippen MR) is 76.6 cm³/mol. The van der Waals surface area contributed by atoms with Gasteiger partial charge in [-0.3, -0.25) is 0 Å². The lowest BCUT2D eigenvalue weighted by Crippen LogP contribution is -2.26. The first-order chi connectivity index (χ1) is 9.38. The lowest BCUT2D eigenvalue weighted by Gasteiger charge is -2.15. The molecule has 1 N–H and O–H groups in total. The van der Waals surface area contributed by atoms with Crippen LogP contribution in [-0.2, 0) is 10.0 Å². The highest BCUT2D eigenvalue weighted by molar-refractivity contribution is 7.89. The first-order valence-electron chi connectivity index (χ1n) is 5.92. The van der Waals surface area contributed by atoms with Gasteiger partial charge in [0, 0.05) is 11.1 Å². The standard InChI is InChI=1S/C14H13ClFNO2S/c1-10(11-3-2-4-12(15)9-11)17-20(18,19)14-7-5-13(16)6-8-14/h2-10,17H,1H3/t10-/m0/s1. The van der Waals surface area contributed by atoms with Gasteiger partial charge < -0.3 is 0 Å². The van der Waals surface area contributed by atoms with Crippen molar-refractivity contribution in [3.63, 3.8) is 0 Å². The fourth-order valence-corrected chi connectivity index (χ4v) is 3.19. The van der Waals surface area contributed by atoms with Gasteiger partial charge in [0.15, 0.2) is 0 Å². The molecule has 0 bridgehead atoms. The average Bonchev–Trinajstić information content (AvgIpc) is 2.38. The zero-order valence-corrected chi connectivity index (χ0v) is 12.2. The van der Waals surface area contributed by atoms with Gasteiger partial charge >= 0.3 is 0 Å². The van der Waals surface area contributed by atoms with Crippen molar-refractivity contribution in [2.75, 3.05) is 0 Å². The molecule has 0 heterocycles. The maximum absolute atomic E-state index is 12.8. The van der Waals surface area contributed by atoms with Crippen LogP contribution >= 0.6 is 11.6 Å². The molecule has 0 saturated carbocycles. The lowest BCUT2D eigenvalue weighted by atomic mass is 10.1. The third-order valence-corrected chi connectivity index (χ3v) is 4.60. The second kappa shape index (κ2) is 5.91. The maximum atomic E-state index is 12.8. The highest BCUT2D eigenvalue weighted by atomic mass is 35.5. The van der Waals surface area contributed by atoms with Gasteiger partial charge in [-0.25, -0.2) is 17.5 Å². The molecule has 0 aromatic heterocycles. The molecule has 106 valence electrons. The molecule has 0 radical (unpaired) electrons. The summed E-state index contributed by atoms with van der Waals surface area (Å²) < 4.78 is 39.6. The monoisotopic (exact) mass is 313 g/mol. The first kappa shape index (κ1) is 15.0. The summed E-state index contributed by atoms with van der Waals surface area (Å²) >= 11 is 5.88. The smallest absolute Gasteiger partial charge is 0.207 e. The van der Waals surface area contributed by atoms with Crippen molar-refractivity contribution in [1.82, 2.24) is 4.72 Å². The van der Waals surface area contributed by atoms with E-state index in [1.807, 2.05) is 0 Å². The van der Waals surface area contributed by atoms with E-state index in [2.05, 4.69) is 4.72 Å². The van der Waals surface area contributed by atoms with Crippen LogP contribution in [0, 0.1) is 5.82 Å². The Morgan fingerprint density at radius 1 is 1.15 bits per heavy atom. The zero-order valence-electron chi connectivity index (χ0n) is 10.7. The number of sulfonamides is 1. The van der Waals surface area contributed by atoms with Crippen LogP contribution in [0.1, 0.15) is 18.5 Å². The number of hydrogen-bond donors (Lipinski definition) is 1. The van der Waals surface area contributed by atoms with Gasteiger partial charge in [-0.1, -0.05) is 23.7 Å². The minimum absolute atomic E-state index is 0.0211. The molecule has 0 amide bonds. The molecule has 2 aromatic rings. The predicted octanol–water partition coefficient (Wildman–Crippen LogP) is 3.52. The average molecular weight is 314 g/mol. The van der Waals surface area contributed by atoms with E-state index < -0.39 is 21.9 Å². The molecule has 0 fully saturated rings. The second-order valence-electron chi connectivity index (χ2n) is 4.35. The summed E-state index contributed by atoms with van der Waals surface area (Å²) in [6.07, 6.45) is 0. The summed E-state index contributed by atoms with van der Waals surface area (Å²) in [6, 6.07) is 11.2. The molecular weight excluding hydrogens is 301 g/mol. The van der Waals surface area contributed by atoms with Crippen LogP contribution < -0.4 is 4.72 Å². The summed E-state index contributed by atoms with van der Waals surface area (Å²) in [4.78, 5) is 0.0211. The normalized spacial score (nSPS) is 13.2. The molecule has 0 aliphatic rings. The molecule has 20 heavy (non-hydrogen) atoms. The van der Waals surface area contributed by atoms with E-state index in [-0.39, 0.29) is 4.90 Å². The second-order valence-corrected chi connectivity index (χ2v) is 6.50. The molecule has 6 heteroatoms. The van der Waals surface area contributed by atoms with Crippen molar-refractivity contribution in [2.24, 2.45) is 0 Å². The Labute approximate surface area is 122 Å². The molecular formula is C14H13ClFNO2S. The number of rotatable bonds is 4. The Morgan fingerprint density at radius 2 is 1.80 bits per heavy atom. The van der Waals surface area contributed by atoms with E-state index >= 15 is 0 Å². The van der Waals surface area contributed by atoms with Gasteiger partial charge in [0.1, 0.15) is 5.82 Å². The molecule has 0 spiro atoms. The lowest BCUT2D eigenvalue weighted by molar-refractivity contribution is 0.566. The summed E-state index contributed by atoms with van der Waals surface area (Å²) in [7, 11) is -3.70.